The Kier molecular flexibility index (Phi) is 4.90. The molecule has 0 bridgehead atoms. The largest absolute Gasteiger partial charge is 0.508 e. The van der Waals surface area contributed by atoms with Gasteiger partial charge in [-0.15, -0.1) is 0 Å². The van der Waals surface area contributed by atoms with Crippen LogP contribution in [0.5, 0.6) is 5.75 Å². The summed E-state index contributed by atoms with van der Waals surface area (Å²) >= 11 is 6.19. The first kappa shape index (κ1) is 22.3. The fraction of sp³-hybridized carbons (Fsp3) is 0.381. The van der Waals surface area contributed by atoms with Crippen LogP contribution in [-0.4, -0.2) is 73.6 Å². The number of carbonyl (C=O) groups excluding carboxylic acids is 3. The number of primary amides is 1. The van der Waals surface area contributed by atoms with E-state index < -0.39 is 75.5 Å². The second kappa shape index (κ2) is 7.04. The van der Waals surface area contributed by atoms with E-state index in [9.17, 15) is 39.9 Å². The maximum atomic E-state index is 13.6. The van der Waals surface area contributed by atoms with Gasteiger partial charge in [-0.2, -0.15) is 0 Å². The van der Waals surface area contributed by atoms with Crippen LogP contribution >= 0.6 is 11.6 Å². The zero-order chi connectivity index (χ0) is 23.9. The molecular formula is C21H21ClN2O8. The lowest BCUT2D eigenvalue weighted by molar-refractivity contribution is -0.155. The number of Topliss-reactive ketones (excluding diaryl/α,β-unsaturated/α-hetero) is 2. The van der Waals surface area contributed by atoms with Crippen molar-refractivity contribution in [3.8, 4) is 5.75 Å². The Morgan fingerprint density at radius 2 is 1.84 bits per heavy atom. The average Bonchev–Trinajstić information content (AvgIpc) is 2.69. The molecule has 3 aliphatic rings. The lowest BCUT2D eigenvalue weighted by Crippen LogP contribution is -2.66. The number of ketones is 2. The number of aliphatic hydroxyl groups excluding tert-OH is 3. The van der Waals surface area contributed by atoms with E-state index in [1.54, 1.807) is 0 Å². The van der Waals surface area contributed by atoms with Crippen LogP contribution in [0.25, 0.3) is 5.76 Å². The molecule has 1 amide bonds. The van der Waals surface area contributed by atoms with E-state index in [0.29, 0.717) is 0 Å². The summed E-state index contributed by atoms with van der Waals surface area (Å²) in [6, 6.07) is 1.25. The number of phenols is 1. The molecule has 0 aliphatic heterocycles. The molecule has 0 radical (unpaired) electrons. The van der Waals surface area contributed by atoms with E-state index in [-0.39, 0.29) is 22.6 Å². The maximum absolute atomic E-state index is 13.6. The SMILES string of the molecule is CN(C)C1C(=O)C(C(N)=O)=C(O)[C@@]2(O)C(=O)C3=C(O)c4c(O)ccc(Cl)c4C(O)[C@H]3C[C@@H]12. The van der Waals surface area contributed by atoms with Gasteiger partial charge in [0.1, 0.15) is 22.8 Å². The highest BCUT2D eigenvalue weighted by molar-refractivity contribution is 6.32. The highest BCUT2D eigenvalue weighted by Gasteiger charge is 2.65. The topological polar surface area (TPSA) is 182 Å². The van der Waals surface area contributed by atoms with Gasteiger partial charge in [-0.25, -0.2) is 0 Å². The molecule has 32 heavy (non-hydrogen) atoms. The Labute approximate surface area is 186 Å². The molecule has 10 nitrogen and oxygen atoms in total. The predicted octanol–water partition coefficient (Wildman–Crippen LogP) is 0.108. The number of phenolic OH excluding ortho intramolecular Hbond substituents is 1. The van der Waals surface area contributed by atoms with E-state index in [1.807, 2.05) is 0 Å². The summed E-state index contributed by atoms with van der Waals surface area (Å²) in [6.45, 7) is 0. The van der Waals surface area contributed by atoms with Crippen molar-refractivity contribution in [2.24, 2.45) is 17.6 Å². The molecular weight excluding hydrogens is 444 g/mol. The third-order valence-electron chi connectivity index (χ3n) is 6.64. The Balaban J connectivity index is 2.03. The van der Waals surface area contributed by atoms with Gasteiger partial charge < -0.3 is 31.3 Å². The molecule has 0 heterocycles. The molecule has 3 aliphatic carbocycles. The number of aromatic hydroxyl groups is 1. The van der Waals surface area contributed by atoms with Gasteiger partial charge in [0.25, 0.3) is 5.91 Å². The number of hydrogen-bond acceptors (Lipinski definition) is 9. The maximum Gasteiger partial charge on any atom is 0.255 e. The van der Waals surface area contributed by atoms with Gasteiger partial charge in [-0.05, 0) is 32.6 Å². The summed E-state index contributed by atoms with van der Waals surface area (Å²) in [5.74, 6) is -8.19. The third-order valence-corrected chi connectivity index (χ3v) is 6.97. The minimum absolute atomic E-state index is 0.00251. The fourth-order valence-corrected chi connectivity index (χ4v) is 5.51. The summed E-state index contributed by atoms with van der Waals surface area (Å²) in [5.41, 5.74) is 0.845. The van der Waals surface area contributed by atoms with Crippen LogP contribution in [0, 0.1) is 11.8 Å². The minimum Gasteiger partial charge on any atom is -0.508 e. The lowest BCUT2D eigenvalue weighted by atomic mass is 9.57. The molecule has 7 N–H and O–H groups in total. The second-order valence-corrected chi connectivity index (χ2v) is 8.87. The molecule has 5 atom stereocenters. The van der Waals surface area contributed by atoms with Crippen molar-refractivity contribution in [2.45, 2.75) is 24.2 Å². The number of nitrogens with two attached hydrogens (primary N) is 1. The van der Waals surface area contributed by atoms with Gasteiger partial charge in [-0.3, -0.25) is 19.3 Å². The third kappa shape index (κ3) is 2.61. The highest BCUT2D eigenvalue weighted by Crippen LogP contribution is 2.56. The smallest absolute Gasteiger partial charge is 0.255 e. The number of hydrogen-bond donors (Lipinski definition) is 6. The Hall–Kier alpha value is -2.92. The lowest BCUT2D eigenvalue weighted by Gasteiger charge is -2.51. The standard InChI is InChI=1S/C21H21ClN2O8/c1-24(2)14-7-5-6-10(16(27)12-9(25)4-3-8(22)11(12)15(6)26)18(29)21(7,32)19(30)13(17(14)28)20(23)31/h3-4,6-7,14-15,25-27,30,32H,5H2,1-2H3,(H2,23,31)/t6-,7-,14?,15?,21-/m0/s1. The van der Waals surface area contributed by atoms with Gasteiger partial charge in [0.2, 0.25) is 5.78 Å². The molecule has 0 spiro atoms. The van der Waals surface area contributed by atoms with Crippen molar-refractivity contribution in [1.82, 2.24) is 4.90 Å². The van der Waals surface area contributed by atoms with E-state index in [4.69, 9.17) is 17.3 Å². The van der Waals surface area contributed by atoms with Crippen LogP contribution in [0.2, 0.25) is 5.02 Å². The molecule has 2 unspecified atom stereocenters. The first-order valence-electron chi connectivity index (χ1n) is 9.69. The number of halogens is 1. The molecule has 0 aromatic heterocycles. The summed E-state index contributed by atoms with van der Waals surface area (Å²) in [5, 5.41) is 54.4. The summed E-state index contributed by atoms with van der Waals surface area (Å²) in [4.78, 5) is 39.8. The molecule has 1 aromatic rings. The minimum atomic E-state index is -2.77. The fourth-order valence-electron chi connectivity index (χ4n) is 5.24. The Morgan fingerprint density at radius 3 is 2.41 bits per heavy atom. The first-order chi connectivity index (χ1) is 14.8. The zero-order valence-electron chi connectivity index (χ0n) is 17.0. The summed E-state index contributed by atoms with van der Waals surface area (Å²) in [6.07, 6.45) is -1.70. The number of rotatable bonds is 2. The predicted molar refractivity (Wildman–Crippen MR) is 111 cm³/mol. The van der Waals surface area contributed by atoms with Crippen molar-refractivity contribution >= 4 is 34.8 Å². The van der Waals surface area contributed by atoms with Crippen molar-refractivity contribution < 1.29 is 39.9 Å². The molecule has 170 valence electrons. The van der Waals surface area contributed by atoms with Gasteiger partial charge >= 0.3 is 0 Å². The van der Waals surface area contributed by atoms with E-state index in [1.165, 1.54) is 31.1 Å². The van der Waals surface area contributed by atoms with Crippen LogP contribution < -0.4 is 5.73 Å². The Morgan fingerprint density at radius 1 is 1.22 bits per heavy atom. The van der Waals surface area contributed by atoms with Crippen LogP contribution in [0.15, 0.2) is 29.0 Å². The number of fused-ring (bicyclic) bond motifs is 3. The number of amides is 1. The van der Waals surface area contributed by atoms with Gasteiger partial charge in [0.05, 0.1) is 17.7 Å². The first-order valence-corrected chi connectivity index (χ1v) is 10.1. The van der Waals surface area contributed by atoms with Crippen LogP contribution in [0.3, 0.4) is 0 Å². The molecule has 1 aromatic carbocycles. The molecule has 4 rings (SSSR count). The van der Waals surface area contributed by atoms with Crippen LogP contribution in [-0.2, 0) is 14.4 Å². The van der Waals surface area contributed by atoms with Crippen LogP contribution in [0.4, 0.5) is 0 Å². The highest BCUT2D eigenvalue weighted by atomic mass is 35.5. The number of carbonyl (C=O) groups is 3. The number of benzene rings is 1. The van der Waals surface area contributed by atoms with E-state index in [0.717, 1.165) is 0 Å². The molecule has 0 saturated heterocycles. The normalized spacial score (nSPS) is 32.1. The van der Waals surface area contributed by atoms with Crippen molar-refractivity contribution in [2.75, 3.05) is 14.1 Å². The van der Waals surface area contributed by atoms with Crippen molar-refractivity contribution in [1.29, 1.82) is 0 Å². The summed E-state index contributed by atoms with van der Waals surface area (Å²) in [7, 11) is 2.97. The van der Waals surface area contributed by atoms with Gasteiger partial charge in [0, 0.05) is 28.0 Å². The Bertz CT molecular complexity index is 1160. The molecule has 11 heteroatoms. The number of aliphatic hydroxyl groups is 4. The van der Waals surface area contributed by atoms with Gasteiger partial charge in [0.15, 0.2) is 11.4 Å². The second-order valence-electron chi connectivity index (χ2n) is 8.47. The zero-order valence-corrected chi connectivity index (χ0v) is 17.8. The van der Waals surface area contributed by atoms with E-state index in [2.05, 4.69) is 0 Å². The molecule has 1 saturated carbocycles. The number of nitrogens with zero attached hydrogens (tertiary/aromatic N) is 1. The van der Waals surface area contributed by atoms with Crippen LogP contribution in [0.1, 0.15) is 23.7 Å². The van der Waals surface area contributed by atoms with Crippen molar-refractivity contribution in [3.63, 3.8) is 0 Å². The average molecular weight is 465 g/mol. The quantitative estimate of drug-likeness (QED) is 0.331. The number of likely N-dealkylation sites (N-methyl/N-ethyl adjacent to an activating group) is 1. The summed E-state index contributed by atoms with van der Waals surface area (Å²) < 4.78 is 0. The van der Waals surface area contributed by atoms with E-state index >= 15 is 0 Å². The van der Waals surface area contributed by atoms with Gasteiger partial charge in [-0.1, -0.05) is 11.6 Å². The monoisotopic (exact) mass is 464 g/mol. The van der Waals surface area contributed by atoms with Crippen molar-refractivity contribution in [3.05, 3.63) is 45.2 Å². The molecule has 1 fully saturated rings.